The van der Waals surface area contributed by atoms with Crippen LogP contribution in [0.2, 0.25) is 0 Å². The highest BCUT2D eigenvalue weighted by Gasteiger charge is 2.49. The number of sulfonamides is 2. The van der Waals surface area contributed by atoms with Gasteiger partial charge in [-0.05, 0) is 199 Å². The second kappa shape index (κ2) is 31.4. The summed E-state index contributed by atoms with van der Waals surface area (Å²) in [5, 5.41) is 0. The maximum atomic E-state index is 12.1. The summed E-state index contributed by atoms with van der Waals surface area (Å²) >= 11 is 0. The molecule has 0 spiro atoms. The molecule has 109 heavy (non-hydrogen) atoms. The fraction of sp³-hybridized carbons (Fsp3) is 0.463. The summed E-state index contributed by atoms with van der Waals surface area (Å²) in [5.74, 6) is 0.282. The van der Waals surface area contributed by atoms with E-state index >= 15 is 0 Å². The predicted molar refractivity (Wildman–Crippen MR) is 424 cm³/mol. The van der Waals surface area contributed by atoms with Crippen molar-refractivity contribution in [2.24, 2.45) is 0 Å². The molecule has 0 bridgehead atoms. The number of fused-ring (bicyclic) bond motifs is 8. The van der Waals surface area contributed by atoms with E-state index in [1.165, 1.54) is 25.4 Å². The maximum Gasteiger partial charge on any atom is 0.256 e. The van der Waals surface area contributed by atoms with Crippen LogP contribution in [0.4, 0.5) is 0 Å². The molecular formula is C80H106N16O9S4. The van der Waals surface area contributed by atoms with Crippen LogP contribution in [0.1, 0.15) is 199 Å². The molecule has 0 saturated heterocycles. The number of aromatic nitrogens is 8. The zero-order chi connectivity index (χ0) is 80.9. The highest BCUT2D eigenvalue weighted by molar-refractivity contribution is 7.90. The van der Waals surface area contributed by atoms with Gasteiger partial charge in [0.2, 0.25) is 26.0 Å². The zero-order valence-corrected chi connectivity index (χ0v) is 70.6. The molecule has 8 aromatic heterocycles. The van der Waals surface area contributed by atoms with Crippen molar-refractivity contribution in [1.29, 1.82) is 0 Å². The topological polar surface area (TPSA) is 283 Å². The first-order chi connectivity index (χ1) is 50.6. The van der Waals surface area contributed by atoms with Gasteiger partial charge in [-0.3, -0.25) is 59.2 Å². The smallest absolute Gasteiger partial charge is 0.256 e. The summed E-state index contributed by atoms with van der Waals surface area (Å²) in [7, 11) is 5.91. The van der Waals surface area contributed by atoms with Crippen LogP contribution in [0.15, 0.2) is 156 Å². The van der Waals surface area contributed by atoms with Gasteiger partial charge >= 0.3 is 0 Å². The van der Waals surface area contributed by atoms with Gasteiger partial charge < -0.3 is 14.7 Å². The summed E-state index contributed by atoms with van der Waals surface area (Å²) < 4.78 is 76.9. The van der Waals surface area contributed by atoms with Crippen LogP contribution in [-0.4, -0.2) is 183 Å². The van der Waals surface area contributed by atoms with Crippen LogP contribution in [-0.2, 0) is 115 Å². The van der Waals surface area contributed by atoms with E-state index in [9.17, 15) is 39.6 Å². The predicted octanol–water partition coefficient (Wildman–Crippen LogP) is 10.7. The highest BCUT2D eigenvalue weighted by Crippen LogP contribution is 2.44. The van der Waals surface area contributed by atoms with Gasteiger partial charge in [-0.25, -0.2) is 33.9 Å². The number of hydrogen-bond acceptors (Lipinski definition) is 18. The lowest BCUT2D eigenvalue weighted by Gasteiger charge is -2.36. The number of rotatable bonds is 0. The number of amides is 3. The Morgan fingerprint density at radius 3 is 1.36 bits per heavy atom. The Morgan fingerprint density at radius 1 is 0.404 bits per heavy atom. The summed E-state index contributed by atoms with van der Waals surface area (Å²) in [6.07, 6.45) is 13.9. The van der Waals surface area contributed by atoms with Gasteiger partial charge in [0.15, 0.2) is 0 Å². The van der Waals surface area contributed by atoms with Crippen molar-refractivity contribution in [3.8, 4) is 0 Å². The monoisotopic (exact) mass is 1560 g/mol. The lowest BCUT2D eigenvalue weighted by Crippen LogP contribution is -2.46. The van der Waals surface area contributed by atoms with E-state index in [-0.39, 0.29) is 44.5 Å². The Balaban J connectivity index is 0.000000144. The van der Waals surface area contributed by atoms with Crippen LogP contribution in [0.3, 0.4) is 0 Å². The van der Waals surface area contributed by atoms with Crippen molar-refractivity contribution in [1.82, 2.24) is 76.7 Å². The van der Waals surface area contributed by atoms with Gasteiger partial charge in [0.05, 0.1) is 93.9 Å². The first kappa shape index (κ1) is 84.6. The summed E-state index contributed by atoms with van der Waals surface area (Å²) in [5.41, 5.74) is 11.8. The molecule has 16 rings (SSSR count). The lowest BCUT2D eigenvalue weighted by atomic mass is 9.81. The lowest BCUT2D eigenvalue weighted by molar-refractivity contribution is -0.136. The van der Waals surface area contributed by atoms with Crippen LogP contribution in [0.25, 0.3) is 0 Å². The van der Waals surface area contributed by atoms with Crippen molar-refractivity contribution >= 4 is 59.7 Å². The Bertz CT molecular complexity index is 4900. The average Bonchev–Trinajstić information content (AvgIpc) is 1.56. The zero-order valence-electron chi connectivity index (χ0n) is 67.4. The molecule has 584 valence electrons. The normalized spacial score (nSPS) is 22.2. The third-order valence-electron chi connectivity index (χ3n) is 21.9. The second-order valence-electron chi connectivity index (χ2n) is 32.4. The molecule has 0 aromatic carbocycles. The number of nitrogens with zero attached hydrogens (tertiary/aromatic N) is 16. The Kier molecular flexibility index (Phi) is 24.4. The molecule has 8 aliphatic heterocycles. The van der Waals surface area contributed by atoms with Gasteiger partial charge in [0.1, 0.15) is 31.6 Å². The minimum atomic E-state index is -3.32. The molecule has 16 heterocycles. The molecule has 8 aromatic rings. The molecule has 0 fully saturated rings. The molecule has 0 N–H and O–H groups in total. The minimum Gasteiger partial charge on any atom is -0.341 e. The quantitative estimate of drug-likeness (QED) is 0.136. The second-order valence-corrected chi connectivity index (χ2v) is 40.5. The molecule has 29 heteroatoms. The average molecular weight is 1560 g/mol. The molecule has 2 atom stereocenters. The fourth-order valence-electron chi connectivity index (χ4n) is 14.5. The maximum absolute atomic E-state index is 12.1. The van der Waals surface area contributed by atoms with Crippen LogP contribution < -0.4 is 0 Å². The van der Waals surface area contributed by atoms with E-state index in [2.05, 4.69) is 91.6 Å². The van der Waals surface area contributed by atoms with Crippen LogP contribution >= 0.6 is 0 Å². The molecule has 8 aliphatic rings. The molecular weight excluding hydrogens is 1460 g/mol. The van der Waals surface area contributed by atoms with Crippen molar-refractivity contribution in [2.45, 2.75) is 189 Å². The van der Waals surface area contributed by atoms with E-state index in [1.54, 1.807) is 104 Å². The van der Waals surface area contributed by atoms with Crippen molar-refractivity contribution < 1.29 is 39.6 Å². The Morgan fingerprint density at radius 2 is 0.835 bits per heavy atom. The van der Waals surface area contributed by atoms with E-state index < -0.39 is 57.7 Å². The molecule has 0 aliphatic carbocycles. The number of carbonyl (C=O) groups excluding carboxylic acids is 3. The summed E-state index contributed by atoms with van der Waals surface area (Å²) in [4.78, 5) is 78.4. The van der Waals surface area contributed by atoms with Gasteiger partial charge in [-0.15, -0.1) is 0 Å². The first-order valence-electron chi connectivity index (χ1n) is 35.9. The van der Waals surface area contributed by atoms with Gasteiger partial charge in [0, 0.05) is 137 Å². The first-order valence-corrected chi connectivity index (χ1v) is 41.0. The van der Waals surface area contributed by atoms with Crippen molar-refractivity contribution in [3.63, 3.8) is 0 Å². The Hall–Kier alpha value is -8.39. The molecule has 25 nitrogen and oxygen atoms in total. The van der Waals surface area contributed by atoms with Gasteiger partial charge in [0.25, 0.3) is 11.8 Å². The number of hydrogen-bond donors (Lipinski definition) is 0. The fourth-order valence-corrected chi connectivity index (χ4v) is 20.6. The SMILES string of the molecule is CN1C(=O)c2cccnc2C1(C)C.CN1C(C)(C)c2ncccc2S1(=O)=O.CN1CC(C)(C)c2ncccc2C1=O.CN1Cc2cccnc2C(C)(C)C1=O.CN1Cc2cccnc2C(C)(C)S1(=O)=O.CN1Cc2cccnc2C(C)(C)S1=O.CN1Cc2cccnc2C1(C)C.CN1S(=O)c2cccnc2C1(C)C. The largest absolute Gasteiger partial charge is 0.341 e. The third-order valence-corrected chi connectivity index (χ3v) is 29.8. The number of carbonyl (C=O) groups is 3. The Labute approximate surface area is 649 Å². The molecule has 2 unspecified atom stereocenters. The molecule has 0 radical (unpaired) electrons. The van der Waals surface area contributed by atoms with Gasteiger partial charge in [-0.1, -0.05) is 38.1 Å². The summed E-state index contributed by atoms with van der Waals surface area (Å²) in [6.45, 7) is 35.2. The third kappa shape index (κ3) is 16.0. The molecule has 0 saturated carbocycles. The van der Waals surface area contributed by atoms with E-state index in [1.807, 2.05) is 186 Å². The minimum absolute atomic E-state index is 0.0424. The number of pyridine rings is 8. The number of likely N-dealkylation sites (N-methyl/N-ethyl adjacent to an activating group) is 2. The standard InChI is InChI=1S/2C11H14N2O.C10H14N2O2S.C10H14N2OS.C10H12N2O.C10H14N2.C9H12N2O2S.C9H12N2OS/c1-11(2)7-13(3)10(14)8-5-4-6-12-9(8)11;1-11(2)9-8(5-4-6-12-9)7-13(3)10(11)14;1-10(2)9-8(5-4-6-11-9)7-12(3)15(10,13)14;1-10(2)9-8(5-4-6-11-9)7-12(3)14(10)13;1-10(2)8-7(5-4-6-11-8)9(13)12(10)3;1-10(2)9-8(7-12(10)3)5-4-6-11-9;1-9(2)8-7(5-4-6-10-8)14(12,13)11(9)3;1-9(2)8-7(5-4-6-10-8)13(12)11(9)3/h2*4-6H,7H2,1-3H3;4-6H,7H2,1-3H3;4-6H,7H2,1-3H3;4-6H,1-3H3;4-6H,7H2,1-3H3;4-6H,1-3H3;4-6H,1-3H3. The van der Waals surface area contributed by atoms with Crippen LogP contribution in [0.5, 0.6) is 0 Å². The molecule has 3 amide bonds. The van der Waals surface area contributed by atoms with Crippen molar-refractivity contribution in [3.05, 3.63) is 226 Å². The van der Waals surface area contributed by atoms with Crippen LogP contribution in [0, 0.1) is 0 Å². The van der Waals surface area contributed by atoms with E-state index in [0.29, 0.717) is 29.4 Å². The van der Waals surface area contributed by atoms with E-state index in [4.69, 9.17) is 0 Å². The highest BCUT2D eigenvalue weighted by atomic mass is 32.2. The van der Waals surface area contributed by atoms with E-state index in [0.717, 1.165) is 75.3 Å². The summed E-state index contributed by atoms with van der Waals surface area (Å²) in [6, 6.07) is 30.1. The van der Waals surface area contributed by atoms with Crippen molar-refractivity contribution in [2.75, 3.05) is 62.9 Å². The van der Waals surface area contributed by atoms with Gasteiger partial charge in [-0.2, -0.15) is 8.61 Å².